The Balaban J connectivity index is 2.25. The number of benzene rings is 3. The maximum atomic E-state index is 12.4. The molecule has 0 bridgehead atoms. The summed E-state index contributed by atoms with van der Waals surface area (Å²) in [6.45, 7) is 1.52. The lowest BCUT2D eigenvalue weighted by molar-refractivity contribution is 0.101. The molecule has 0 radical (unpaired) electrons. The number of ketones is 1. The average Bonchev–Trinajstić information content (AvgIpc) is 3.08. The highest BCUT2D eigenvalue weighted by atomic mass is 35.5. The van der Waals surface area contributed by atoms with Crippen molar-refractivity contribution in [2.24, 2.45) is 0 Å². The van der Waals surface area contributed by atoms with Crippen LogP contribution in [0.5, 0.6) is 0 Å². The Bertz CT molecular complexity index is 1170. The van der Waals surface area contributed by atoms with Crippen molar-refractivity contribution >= 4 is 51.5 Å². The van der Waals surface area contributed by atoms with Gasteiger partial charge in [-0.15, -0.1) is 0 Å². The highest BCUT2D eigenvalue weighted by Gasteiger charge is 2.25. The van der Waals surface area contributed by atoms with Gasteiger partial charge in [0.2, 0.25) is 0 Å². The Morgan fingerprint density at radius 3 is 1.78 bits per heavy atom. The van der Waals surface area contributed by atoms with Crippen LogP contribution in [0.2, 0.25) is 15.1 Å². The summed E-state index contributed by atoms with van der Waals surface area (Å²) < 4.78 is 0. The van der Waals surface area contributed by atoms with Crippen LogP contribution in [0.1, 0.15) is 17.4 Å². The van der Waals surface area contributed by atoms with Gasteiger partial charge in [-0.3, -0.25) is 4.79 Å². The number of nitrogens with one attached hydrogen (secondary N) is 1. The first-order valence-electron chi connectivity index (χ1n) is 8.34. The Morgan fingerprint density at radius 2 is 1.26 bits per heavy atom. The quantitative estimate of drug-likeness (QED) is 0.271. The van der Waals surface area contributed by atoms with Gasteiger partial charge in [-0.1, -0.05) is 95.5 Å². The second kappa shape index (κ2) is 7.05. The summed E-state index contributed by atoms with van der Waals surface area (Å²) in [6, 6.07) is 19.4. The summed E-state index contributed by atoms with van der Waals surface area (Å²) in [7, 11) is 0. The zero-order valence-electron chi connectivity index (χ0n) is 14.3. The van der Waals surface area contributed by atoms with Gasteiger partial charge in [-0.2, -0.15) is 0 Å². The fourth-order valence-electron chi connectivity index (χ4n) is 3.37. The van der Waals surface area contributed by atoms with E-state index < -0.39 is 0 Å². The van der Waals surface area contributed by atoms with Gasteiger partial charge < -0.3 is 4.98 Å². The number of carbonyl (C=O) groups excluding carboxylic acids is 1. The minimum atomic E-state index is -0.0904. The van der Waals surface area contributed by atoms with E-state index in [1.54, 1.807) is 0 Å². The highest BCUT2D eigenvalue weighted by Crippen LogP contribution is 2.49. The number of hydrogen-bond acceptors (Lipinski definition) is 1. The van der Waals surface area contributed by atoms with Crippen LogP contribution in [-0.4, -0.2) is 10.8 Å². The lowest BCUT2D eigenvalue weighted by atomic mass is 9.94. The Hall–Kier alpha value is -2.26. The topological polar surface area (TPSA) is 32.9 Å². The molecule has 0 aliphatic rings. The first-order valence-corrected chi connectivity index (χ1v) is 9.48. The average molecular weight is 415 g/mol. The van der Waals surface area contributed by atoms with Crippen LogP contribution in [0.15, 0.2) is 60.7 Å². The summed E-state index contributed by atoms with van der Waals surface area (Å²) in [5, 5.41) is 1.73. The third kappa shape index (κ3) is 2.94. The van der Waals surface area contributed by atoms with Crippen LogP contribution >= 0.6 is 34.8 Å². The molecular formula is C22H14Cl3NO. The summed E-state index contributed by atoms with van der Waals surface area (Å²) in [5.41, 5.74) is 4.42. The van der Waals surface area contributed by atoms with E-state index in [2.05, 4.69) is 4.98 Å². The zero-order valence-corrected chi connectivity index (χ0v) is 16.6. The van der Waals surface area contributed by atoms with Gasteiger partial charge in [-0.05, 0) is 11.1 Å². The lowest BCUT2D eigenvalue weighted by Gasteiger charge is -2.13. The molecule has 0 amide bonds. The SMILES string of the molecule is CC(=O)c1[nH]c2c(Cl)c(Cl)c(Cl)c(-c3ccccc3)c2c1-c1ccccc1. The second-order valence-electron chi connectivity index (χ2n) is 6.23. The van der Waals surface area contributed by atoms with Gasteiger partial charge in [0.25, 0.3) is 0 Å². The molecule has 5 heteroatoms. The Kier molecular flexibility index (Phi) is 4.73. The molecule has 4 rings (SSSR count). The number of aromatic nitrogens is 1. The predicted octanol–water partition coefficient (Wildman–Crippen LogP) is 7.66. The molecule has 1 aromatic heterocycles. The van der Waals surface area contributed by atoms with Crippen LogP contribution < -0.4 is 0 Å². The maximum Gasteiger partial charge on any atom is 0.176 e. The summed E-state index contributed by atoms with van der Waals surface area (Å²) >= 11 is 19.6. The third-order valence-electron chi connectivity index (χ3n) is 4.55. The second-order valence-corrected chi connectivity index (χ2v) is 7.36. The van der Waals surface area contributed by atoms with E-state index in [9.17, 15) is 4.79 Å². The van der Waals surface area contributed by atoms with E-state index in [1.807, 2.05) is 60.7 Å². The van der Waals surface area contributed by atoms with E-state index in [0.29, 0.717) is 21.3 Å². The van der Waals surface area contributed by atoms with Gasteiger partial charge in [0.1, 0.15) is 0 Å². The molecule has 2 nitrogen and oxygen atoms in total. The molecule has 1 N–H and O–H groups in total. The fourth-order valence-corrected chi connectivity index (χ4v) is 4.15. The van der Waals surface area contributed by atoms with E-state index in [-0.39, 0.29) is 10.8 Å². The number of aromatic amines is 1. The summed E-state index contributed by atoms with van der Waals surface area (Å²) in [6.07, 6.45) is 0. The molecule has 0 fully saturated rings. The molecule has 0 saturated carbocycles. The molecule has 3 aromatic carbocycles. The van der Waals surface area contributed by atoms with Crippen LogP contribution in [0, 0.1) is 0 Å². The van der Waals surface area contributed by atoms with Crippen LogP contribution in [0.25, 0.3) is 33.2 Å². The summed E-state index contributed by atoms with van der Waals surface area (Å²) in [5.74, 6) is -0.0904. The van der Waals surface area contributed by atoms with Crippen molar-refractivity contribution in [3.8, 4) is 22.3 Å². The third-order valence-corrected chi connectivity index (χ3v) is 5.88. The van der Waals surface area contributed by atoms with Gasteiger partial charge in [0, 0.05) is 23.4 Å². The van der Waals surface area contributed by atoms with Crippen molar-refractivity contribution in [1.82, 2.24) is 4.98 Å². The van der Waals surface area contributed by atoms with E-state index >= 15 is 0 Å². The maximum absolute atomic E-state index is 12.4. The molecule has 0 aliphatic carbocycles. The van der Waals surface area contributed by atoms with Crippen molar-refractivity contribution in [3.05, 3.63) is 81.4 Å². The number of fused-ring (bicyclic) bond motifs is 1. The largest absolute Gasteiger partial charge is 0.350 e. The highest BCUT2D eigenvalue weighted by molar-refractivity contribution is 6.52. The van der Waals surface area contributed by atoms with Gasteiger partial charge in [-0.25, -0.2) is 0 Å². The van der Waals surface area contributed by atoms with E-state index in [1.165, 1.54) is 6.92 Å². The first kappa shape index (κ1) is 18.1. The number of rotatable bonds is 3. The van der Waals surface area contributed by atoms with E-state index in [4.69, 9.17) is 34.8 Å². The molecule has 1 heterocycles. The number of carbonyl (C=O) groups is 1. The standard InChI is InChI=1S/C22H14Cl3NO/c1-12(27)21-16(14-10-6-3-7-11-14)17-15(13-8-4-2-5-9-13)18(23)19(24)20(25)22(17)26-21/h2-11,26H,1H3. The smallest absolute Gasteiger partial charge is 0.176 e. The number of hydrogen-bond donors (Lipinski definition) is 1. The monoisotopic (exact) mass is 413 g/mol. The lowest BCUT2D eigenvalue weighted by Crippen LogP contribution is -1.95. The zero-order chi connectivity index (χ0) is 19.1. The molecule has 27 heavy (non-hydrogen) atoms. The van der Waals surface area contributed by atoms with Crippen LogP contribution in [0.3, 0.4) is 0 Å². The Labute approximate surface area is 171 Å². The van der Waals surface area contributed by atoms with Crippen molar-refractivity contribution in [2.75, 3.05) is 0 Å². The van der Waals surface area contributed by atoms with Crippen molar-refractivity contribution in [3.63, 3.8) is 0 Å². The molecule has 0 saturated heterocycles. The molecule has 134 valence electrons. The van der Waals surface area contributed by atoms with Crippen molar-refractivity contribution < 1.29 is 4.79 Å². The van der Waals surface area contributed by atoms with Crippen molar-refractivity contribution in [1.29, 1.82) is 0 Å². The number of H-pyrrole nitrogens is 1. The normalized spacial score (nSPS) is 11.1. The molecule has 0 spiro atoms. The minimum Gasteiger partial charge on any atom is -0.350 e. The minimum absolute atomic E-state index is 0.0904. The fraction of sp³-hybridized carbons (Fsp3) is 0.0455. The Morgan fingerprint density at radius 1 is 0.741 bits per heavy atom. The first-order chi connectivity index (χ1) is 13.0. The molecule has 4 aromatic rings. The summed E-state index contributed by atoms with van der Waals surface area (Å²) in [4.78, 5) is 15.6. The van der Waals surface area contributed by atoms with E-state index in [0.717, 1.165) is 27.6 Å². The van der Waals surface area contributed by atoms with Gasteiger partial charge in [0.05, 0.1) is 26.3 Å². The van der Waals surface area contributed by atoms with Crippen molar-refractivity contribution in [2.45, 2.75) is 6.92 Å². The number of halogens is 3. The molecule has 0 atom stereocenters. The predicted molar refractivity (Wildman–Crippen MR) is 114 cm³/mol. The molecular weight excluding hydrogens is 401 g/mol. The van der Waals surface area contributed by atoms with Crippen LogP contribution in [0.4, 0.5) is 0 Å². The van der Waals surface area contributed by atoms with Crippen LogP contribution in [-0.2, 0) is 0 Å². The van der Waals surface area contributed by atoms with Gasteiger partial charge in [0.15, 0.2) is 5.78 Å². The van der Waals surface area contributed by atoms with Gasteiger partial charge >= 0.3 is 0 Å². The molecule has 0 aliphatic heterocycles. The molecule has 0 unspecified atom stereocenters. The number of Topliss-reactive ketones (excluding diaryl/α,β-unsaturated/α-hetero) is 1.